The lowest BCUT2D eigenvalue weighted by atomic mass is 10.4. The molecular formula is C10H9BrN2O2S. The van der Waals surface area contributed by atoms with Crippen molar-refractivity contribution in [1.82, 2.24) is 9.78 Å². The van der Waals surface area contributed by atoms with Gasteiger partial charge in [-0.1, -0.05) is 0 Å². The molecule has 6 heteroatoms. The quantitative estimate of drug-likeness (QED) is 0.927. The van der Waals surface area contributed by atoms with E-state index in [2.05, 4.69) is 21.0 Å². The normalized spacial score (nSPS) is 10.7. The maximum absolute atomic E-state index is 10.8. The molecule has 0 unspecified atom stereocenters. The fourth-order valence-electron chi connectivity index (χ4n) is 1.42. The zero-order valence-electron chi connectivity index (χ0n) is 8.69. The average Bonchev–Trinajstić information content (AvgIpc) is 2.79. The van der Waals surface area contributed by atoms with Crippen LogP contribution >= 0.6 is 27.3 Å². The molecule has 2 rings (SSSR count). The van der Waals surface area contributed by atoms with E-state index in [0.29, 0.717) is 4.88 Å². The van der Waals surface area contributed by atoms with Crippen molar-refractivity contribution in [3.63, 3.8) is 0 Å². The van der Waals surface area contributed by atoms with Crippen LogP contribution in [0.1, 0.15) is 21.1 Å². The summed E-state index contributed by atoms with van der Waals surface area (Å²) in [5.74, 6) is -0.906. The molecule has 0 saturated heterocycles. The summed E-state index contributed by atoms with van der Waals surface area (Å²) in [7, 11) is 0. The summed E-state index contributed by atoms with van der Waals surface area (Å²) in [5, 5.41) is 15.0. The van der Waals surface area contributed by atoms with Crippen molar-refractivity contribution in [3.05, 3.63) is 32.2 Å². The highest BCUT2D eigenvalue weighted by Gasteiger charge is 2.13. The molecule has 2 aromatic rings. The molecule has 2 aromatic heterocycles. The molecule has 0 aromatic carbocycles. The molecule has 0 radical (unpaired) electrons. The van der Waals surface area contributed by atoms with E-state index in [4.69, 9.17) is 5.11 Å². The molecular weight excluding hydrogens is 292 g/mol. The lowest BCUT2D eigenvalue weighted by Gasteiger charge is -1.99. The summed E-state index contributed by atoms with van der Waals surface area (Å²) in [5.41, 5.74) is 2.64. The summed E-state index contributed by atoms with van der Waals surface area (Å²) in [6.07, 6.45) is 0. The first-order chi connectivity index (χ1) is 7.50. The van der Waals surface area contributed by atoms with Crippen LogP contribution in [0, 0.1) is 13.8 Å². The van der Waals surface area contributed by atoms with Gasteiger partial charge in [-0.05, 0) is 35.8 Å². The van der Waals surface area contributed by atoms with Crippen molar-refractivity contribution < 1.29 is 9.90 Å². The number of aromatic nitrogens is 2. The maximum atomic E-state index is 10.8. The van der Waals surface area contributed by atoms with E-state index in [1.54, 1.807) is 16.1 Å². The molecule has 0 saturated carbocycles. The lowest BCUT2D eigenvalue weighted by Crippen LogP contribution is -1.97. The van der Waals surface area contributed by atoms with Gasteiger partial charge in [0.2, 0.25) is 0 Å². The molecule has 0 spiro atoms. The van der Waals surface area contributed by atoms with Gasteiger partial charge in [-0.2, -0.15) is 5.10 Å². The first-order valence-electron chi connectivity index (χ1n) is 4.54. The molecule has 0 amide bonds. The number of thiophene rings is 1. The molecule has 0 fully saturated rings. The highest BCUT2D eigenvalue weighted by molar-refractivity contribution is 9.10. The average molecular weight is 301 g/mol. The number of rotatable bonds is 2. The standard InChI is InChI=1S/C10H9BrN2O2S/c1-5-9(11)6(2)13(12-5)7-3-8(10(14)15)16-4-7/h3-4H,1-2H3,(H,14,15). The Hall–Kier alpha value is -1.14. The summed E-state index contributed by atoms with van der Waals surface area (Å²) < 4.78 is 2.69. The molecule has 0 bridgehead atoms. The van der Waals surface area contributed by atoms with E-state index in [1.165, 1.54) is 11.3 Å². The van der Waals surface area contributed by atoms with Crippen LogP contribution in [0.15, 0.2) is 15.9 Å². The molecule has 4 nitrogen and oxygen atoms in total. The minimum absolute atomic E-state index is 0.318. The van der Waals surface area contributed by atoms with Gasteiger partial charge in [-0.25, -0.2) is 9.48 Å². The zero-order chi connectivity index (χ0) is 11.9. The zero-order valence-corrected chi connectivity index (χ0v) is 11.1. The number of hydrogen-bond acceptors (Lipinski definition) is 3. The topological polar surface area (TPSA) is 55.1 Å². The first-order valence-corrected chi connectivity index (χ1v) is 6.22. The van der Waals surface area contributed by atoms with Crippen molar-refractivity contribution in [2.24, 2.45) is 0 Å². The van der Waals surface area contributed by atoms with Gasteiger partial charge in [0.15, 0.2) is 0 Å². The molecule has 16 heavy (non-hydrogen) atoms. The number of hydrogen-bond donors (Lipinski definition) is 1. The van der Waals surface area contributed by atoms with Crippen LogP contribution in [-0.2, 0) is 0 Å². The van der Waals surface area contributed by atoms with Gasteiger partial charge in [0.05, 0.1) is 21.5 Å². The Bertz CT molecular complexity index is 559. The van der Waals surface area contributed by atoms with E-state index >= 15 is 0 Å². The predicted molar refractivity (Wildman–Crippen MR) is 65.6 cm³/mol. The van der Waals surface area contributed by atoms with Gasteiger partial charge >= 0.3 is 5.97 Å². The Morgan fingerprint density at radius 3 is 2.69 bits per heavy atom. The Kier molecular flexibility index (Phi) is 2.86. The third-order valence-corrected chi connectivity index (χ3v) is 4.30. The Morgan fingerprint density at radius 1 is 1.56 bits per heavy atom. The second-order valence-electron chi connectivity index (χ2n) is 3.37. The highest BCUT2D eigenvalue weighted by Crippen LogP contribution is 2.25. The first kappa shape index (κ1) is 11.3. The molecule has 84 valence electrons. The van der Waals surface area contributed by atoms with Gasteiger partial charge in [0.1, 0.15) is 4.88 Å². The Balaban J connectivity index is 2.50. The Morgan fingerprint density at radius 2 is 2.25 bits per heavy atom. The monoisotopic (exact) mass is 300 g/mol. The van der Waals surface area contributed by atoms with Crippen molar-refractivity contribution in [3.8, 4) is 5.69 Å². The van der Waals surface area contributed by atoms with Crippen molar-refractivity contribution >= 4 is 33.2 Å². The number of carboxylic acid groups (broad SMARTS) is 1. The minimum atomic E-state index is -0.906. The van der Waals surface area contributed by atoms with Crippen molar-refractivity contribution in [1.29, 1.82) is 0 Å². The van der Waals surface area contributed by atoms with Crippen LogP contribution in [0.3, 0.4) is 0 Å². The number of nitrogens with zero attached hydrogens (tertiary/aromatic N) is 2. The van der Waals surface area contributed by atoms with Crippen LogP contribution in [-0.4, -0.2) is 20.9 Å². The van der Waals surface area contributed by atoms with E-state index in [9.17, 15) is 4.79 Å². The van der Waals surface area contributed by atoms with Gasteiger partial charge in [0, 0.05) is 5.38 Å². The minimum Gasteiger partial charge on any atom is -0.477 e. The third kappa shape index (κ3) is 1.78. The number of carboxylic acids is 1. The van der Waals surface area contributed by atoms with Crippen molar-refractivity contribution in [2.75, 3.05) is 0 Å². The van der Waals surface area contributed by atoms with Gasteiger partial charge in [0.25, 0.3) is 0 Å². The smallest absolute Gasteiger partial charge is 0.345 e. The van der Waals surface area contributed by atoms with Crippen molar-refractivity contribution in [2.45, 2.75) is 13.8 Å². The Labute approximate surface area is 105 Å². The molecule has 0 aliphatic rings. The van der Waals surface area contributed by atoms with Gasteiger partial charge < -0.3 is 5.11 Å². The summed E-state index contributed by atoms with van der Waals surface area (Å²) >= 11 is 4.64. The molecule has 0 aliphatic carbocycles. The van der Waals surface area contributed by atoms with E-state index in [1.807, 2.05) is 13.8 Å². The van der Waals surface area contributed by atoms with Crippen LogP contribution in [0.2, 0.25) is 0 Å². The number of carbonyl (C=O) groups is 1. The van der Waals surface area contributed by atoms with Crippen LogP contribution in [0.5, 0.6) is 0 Å². The molecule has 0 aliphatic heterocycles. The summed E-state index contributed by atoms with van der Waals surface area (Å²) in [6, 6.07) is 1.62. The number of aromatic carboxylic acids is 1. The van der Waals surface area contributed by atoms with Gasteiger partial charge in [-0.15, -0.1) is 11.3 Å². The molecule has 2 heterocycles. The molecule has 0 atom stereocenters. The lowest BCUT2D eigenvalue weighted by molar-refractivity contribution is 0.0702. The summed E-state index contributed by atoms with van der Waals surface area (Å²) in [4.78, 5) is 11.1. The predicted octanol–water partition coefficient (Wildman–Crippen LogP) is 3.01. The van der Waals surface area contributed by atoms with E-state index in [0.717, 1.165) is 21.5 Å². The van der Waals surface area contributed by atoms with E-state index in [-0.39, 0.29) is 0 Å². The summed E-state index contributed by atoms with van der Waals surface area (Å²) in [6.45, 7) is 3.83. The number of aryl methyl sites for hydroxylation is 1. The maximum Gasteiger partial charge on any atom is 0.345 e. The number of halogens is 1. The highest BCUT2D eigenvalue weighted by atomic mass is 79.9. The third-order valence-electron chi connectivity index (χ3n) is 2.24. The van der Waals surface area contributed by atoms with Crippen LogP contribution in [0.25, 0.3) is 5.69 Å². The SMILES string of the molecule is Cc1nn(-c2csc(C(=O)O)c2)c(C)c1Br. The fourth-order valence-corrected chi connectivity index (χ4v) is 2.38. The largest absolute Gasteiger partial charge is 0.477 e. The fraction of sp³-hybridized carbons (Fsp3) is 0.200. The second kappa shape index (κ2) is 4.03. The van der Waals surface area contributed by atoms with Gasteiger partial charge in [-0.3, -0.25) is 0 Å². The molecule has 1 N–H and O–H groups in total. The second-order valence-corrected chi connectivity index (χ2v) is 5.08. The van der Waals surface area contributed by atoms with E-state index < -0.39 is 5.97 Å². The van der Waals surface area contributed by atoms with Crippen LogP contribution < -0.4 is 0 Å². The van der Waals surface area contributed by atoms with Crippen LogP contribution in [0.4, 0.5) is 0 Å².